The van der Waals surface area contributed by atoms with Crippen LogP contribution in [0.25, 0.3) is 4.96 Å². The van der Waals surface area contributed by atoms with Crippen LogP contribution < -0.4 is 15.2 Å². The summed E-state index contributed by atoms with van der Waals surface area (Å²) >= 11 is 1.45. The van der Waals surface area contributed by atoms with Crippen molar-refractivity contribution in [2.75, 3.05) is 37.7 Å². The van der Waals surface area contributed by atoms with Gasteiger partial charge in [0.05, 0.1) is 37.7 Å². The molecule has 156 valence electrons. The molecular formula is C21H22N4O4S. The van der Waals surface area contributed by atoms with Gasteiger partial charge in [0, 0.05) is 30.2 Å². The molecule has 5 rings (SSSR count). The fourth-order valence-electron chi connectivity index (χ4n) is 3.95. The molecule has 1 fully saturated rings. The Balaban J connectivity index is 1.44. The lowest BCUT2D eigenvalue weighted by Crippen LogP contribution is -2.52. The van der Waals surface area contributed by atoms with Crippen molar-refractivity contribution in [1.82, 2.24) is 14.3 Å². The number of fused-ring (bicyclic) bond motifs is 2. The van der Waals surface area contributed by atoms with Gasteiger partial charge >= 0.3 is 0 Å². The van der Waals surface area contributed by atoms with E-state index in [1.165, 1.54) is 11.3 Å². The number of benzene rings is 1. The van der Waals surface area contributed by atoms with Crippen molar-refractivity contribution >= 4 is 27.9 Å². The Bertz CT molecular complexity index is 1150. The molecular weight excluding hydrogens is 404 g/mol. The molecule has 0 radical (unpaired) electrons. The van der Waals surface area contributed by atoms with E-state index < -0.39 is 6.10 Å². The van der Waals surface area contributed by atoms with Gasteiger partial charge in [-0.15, -0.1) is 11.3 Å². The number of thiazole rings is 1. The van der Waals surface area contributed by atoms with Gasteiger partial charge < -0.3 is 19.3 Å². The van der Waals surface area contributed by atoms with Crippen molar-refractivity contribution in [3.05, 3.63) is 57.5 Å². The lowest BCUT2D eigenvalue weighted by atomic mass is 10.1. The monoisotopic (exact) mass is 426 g/mol. The van der Waals surface area contributed by atoms with Crippen LogP contribution in [0.2, 0.25) is 0 Å². The summed E-state index contributed by atoms with van der Waals surface area (Å²) in [5, 5.41) is 1.93. The van der Waals surface area contributed by atoms with E-state index in [2.05, 4.69) is 9.88 Å². The normalized spacial score (nSPS) is 18.9. The first kappa shape index (κ1) is 19.1. The zero-order valence-electron chi connectivity index (χ0n) is 16.6. The molecule has 0 spiro atoms. The topological polar surface area (TPSA) is 76.4 Å². The van der Waals surface area contributed by atoms with Crippen LogP contribution in [0.4, 0.5) is 5.69 Å². The van der Waals surface area contributed by atoms with E-state index in [-0.39, 0.29) is 11.5 Å². The minimum Gasteiger partial charge on any atom is -0.477 e. The number of hydrogen-bond acceptors (Lipinski definition) is 7. The molecule has 0 bridgehead atoms. The number of anilines is 1. The minimum atomic E-state index is -0.605. The van der Waals surface area contributed by atoms with Crippen LogP contribution in [-0.4, -0.2) is 59.1 Å². The Morgan fingerprint density at radius 3 is 2.90 bits per heavy atom. The van der Waals surface area contributed by atoms with E-state index in [1.54, 1.807) is 15.4 Å². The summed E-state index contributed by atoms with van der Waals surface area (Å²) in [6, 6.07) is 9.24. The van der Waals surface area contributed by atoms with Gasteiger partial charge in [0.25, 0.3) is 11.5 Å². The number of para-hydroxylation sites is 2. The number of hydrogen-bond donors (Lipinski definition) is 0. The fraction of sp³-hybridized carbons (Fsp3) is 0.381. The van der Waals surface area contributed by atoms with Crippen LogP contribution in [-0.2, 0) is 16.1 Å². The van der Waals surface area contributed by atoms with Gasteiger partial charge in [0.15, 0.2) is 11.1 Å². The second-order valence-corrected chi connectivity index (χ2v) is 8.31. The quantitative estimate of drug-likeness (QED) is 0.635. The molecule has 2 aromatic heterocycles. The molecule has 4 heterocycles. The van der Waals surface area contributed by atoms with Crippen LogP contribution >= 0.6 is 11.3 Å². The van der Waals surface area contributed by atoms with Crippen LogP contribution in [0.5, 0.6) is 5.75 Å². The van der Waals surface area contributed by atoms with Crippen LogP contribution in [0, 0.1) is 6.92 Å². The van der Waals surface area contributed by atoms with Gasteiger partial charge in [-0.1, -0.05) is 12.1 Å². The van der Waals surface area contributed by atoms with E-state index in [4.69, 9.17) is 9.47 Å². The molecule has 8 nitrogen and oxygen atoms in total. The third-order valence-electron chi connectivity index (χ3n) is 5.44. The average molecular weight is 426 g/mol. The zero-order valence-corrected chi connectivity index (χ0v) is 17.4. The summed E-state index contributed by atoms with van der Waals surface area (Å²) in [7, 11) is 0. The maximum absolute atomic E-state index is 13.0. The number of ether oxygens (including phenoxy) is 2. The molecule has 30 heavy (non-hydrogen) atoms. The number of aryl methyl sites for hydroxylation is 1. The van der Waals surface area contributed by atoms with Gasteiger partial charge in [-0.25, -0.2) is 4.98 Å². The summed E-state index contributed by atoms with van der Waals surface area (Å²) in [5.74, 6) is 0.635. The number of rotatable bonds is 3. The van der Waals surface area contributed by atoms with Gasteiger partial charge in [-0.3, -0.25) is 14.0 Å². The van der Waals surface area contributed by atoms with Crippen molar-refractivity contribution in [3.63, 3.8) is 0 Å². The highest BCUT2D eigenvalue weighted by Gasteiger charge is 2.34. The molecule has 1 atom stereocenters. The van der Waals surface area contributed by atoms with Crippen molar-refractivity contribution in [2.45, 2.75) is 19.6 Å². The number of aromatic nitrogens is 2. The first-order valence-electron chi connectivity index (χ1n) is 9.94. The Morgan fingerprint density at radius 1 is 1.27 bits per heavy atom. The van der Waals surface area contributed by atoms with Gasteiger partial charge in [0.2, 0.25) is 0 Å². The molecule has 1 saturated heterocycles. The molecule has 9 heteroatoms. The average Bonchev–Trinajstić information content (AvgIpc) is 3.15. The van der Waals surface area contributed by atoms with Crippen LogP contribution in [0.15, 0.2) is 40.5 Å². The van der Waals surface area contributed by atoms with Gasteiger partial charge in [-0.2, -0.15) is 0 Å². The highest BCUT2D eigenvalue weighted by molar-refractivity contribution is 7.15. The van der Waals surface area contributed by atoms with Gasteiger partial charge in [-0.05, 0) is 19.1 Å². The molecule has 0 N–H and O–H groups in total. The smallest absolute Gasteiger partial charge is 0.265 e. The summed E-state index contributed by atoms with van der Waals surface area (Å²) in [5.41, 5.74) is 2.37. The first-order chi connectivity index (χ1) is 14.6. The highest BCUT2D eigenvalue weighted by Crippen LogP contribution is 2.34. The second kappa shape index (κ2) is 7.73. The van der Waals surface area contributed by atoms with Crippen molar-refractivity contribution in [2.24, 2.45) is 0 Å². The minimum absolute atomic E-state index is 0.0323. The lowest BCUT2D eigenvalue weighted by Gasteiger charge is -2.38. The number of carbonyl (C=O) groups is 1. The zero-order chi connectivity index (χ0) is 20.7. The van der Waals surface area contributed by atoms with Gasteiger partial charge in [0.1, 0.15) is 5.75 Å². The van der Waals surface area contributed by atoms with Crippen molar-refractivity contribution < 1.29 is 14.3 Å². The maximum Gasteiger partial charge on any atom is 0.265 e. The molecule has 1 aromatic carbocycles. The number of carbonyl (C=O) groups excluding carboxylic acids is 1. The molecule has 2 aliphatic rings. The first-order valence-corrected chi connectivity index (χ1v) is 10.8. The largest absolute Gasteiger partial charge is 0.477 e. The molecule has 0 saturated carbocycles. The van der Waals surface area contributed by atoms with Crippen LogP contribution in [0.3, 0.4) is 0 Å². The summed E-state index contributed by atoms with van der Waals surface area (Å²) in [6.07, 6.45) is -0.605. The van der Waals surface area contributed by atoms with Crippen molar-refractivity contribution in [1.29, 1.82) is 0 Å². The molecule has 0 aliphatic carbocycles. The van der Waals surface area contributed by atoms with E-state index >= 15 is 0 Å². The molecule has 0 unspecified atom stereocenters. The summed E-state index contributed by atoms with van der Waals surface area (Å²) in [4.78, 5) is 34.8. The lowest BCUT2D eigenvalue weighted by molar-refractivity contribution is -0.142. The van der Waals surface area contributed by atoms with E-state index in [0.29, 0.717) is 55.8 Å². The number of nitrogens with zero attached hydrogens (tertiary/aromatic N) is 4. The van der Waals surface area contributed by atoms with Crippen LogP contribution in [0.1, 0.15) is 11.4 Å². The third kappa shape index (κ3) is 3.44. The SMILES string of the molecule is Cc1csc2nc(CN3C[C@@H](C(=O)N4CCOCC4)Oc4ccccc43)cc(=O)n12. The fourth-order valence-corrected chi connectivity index (χ4v) is 4.84. The standard InChI is InChI=1S/C21H22N4O4S/c1-14-13-30-21-22-15(10-19(26)25(14)21)11-24-12-18(20(27)23-6-8-28-9-7-23)29-17-5-3-2-4-16(17)24/h2-5,10,13,18H,6-9,11-12H2,1H3/t18-/m0/s1. The number of amides is 1. The van der Waals surface area contributed by atoms with E-state index in [1.807, 2.05) is 36.6 Å². The molecule has 3 aromatic rings. The predicted octanol–water partition coefficient (Wildman–Crippen LogP) is 1.69. The molecule has 1 amide bonds. The van der Waals surface area contributed by atoms with E-state index in [0.717, 1.165) is 11.4 Å². The summed E-state index contributed by atoms with van der Waals surface area (Å²) < 4.78 is 13.0. The van der Waals surface area contributed by atoms with Crippen molar-refractivity contribution in [3.8, 4) is 5.75 Å². The third-order valence-corrected chi connectivity index (χ3v) is 6.38. The Labute approximate surface area is 177 Å². The van der Waals surface area contributed by atoms with E-state index in [9.17, 15) is 9.59 Å². The Kier molecular flexibility index (Phi) is 4.92. The number of morpholine rings is 1. The highest BCUT2D eigenvalue weighted by atomic mass is 32.1. The Hall–Kier alpha value is -2.91. The maximum atomic E-state index is 13.0. The second-order valence-electron chi connectivity index (χ2n) is 7.47. The predicted molar refractivity (Wildman–Crippen MR) is 113 cm³/mol. The summed E-state index contributed by atoms with van der Waals surface area (Å²) in [6.45, 7) is 4.97. The molecule has 2 aliphatic heterocycles. The Morgan fingerprint density at radius 2 is 2.07 bits per heavy atom.